The van der Waals surface area contributed by atoms with Crippen molar-refractivity contribution < 1.29 is 4.84 Å². The van der Waals surface area contributed by atoms with Crippen molar-refractivity contribution in [2.45, 2.75) is 0 Å². The van der Waals surface area contributed by atoms with Gasteiger partial charge in [-0.05, 0) is 30.3 Å². The maximum absolute atomic E-state index is 5.92. The number of thiazole rings is 1. The fourth-order valence-electron chi connectivity index (χ4n) is 1.73. The first kappa shape index (κ1) is 13.0. The molecular weight excluding hydrogens is 292 g/mol. The first-order valence-corrected chi connectivity index (χ1v) is 7.25. The van der Waals surface area contributed by atoms with Crippen LogP contribution in [0.2, 0.25) is 5.02 Å². The lowest BCUT2D eigenvalue weighted by Crippen LogP contribution is -2.04. The molecule has 0 radical (unpaired) electrons. The highest BCUT2D eigenvalue weighted by molar-refractivity contribution is 7.13. The summed E-state index contributed by atoms with van der Waals surface area (Å²) in [5.41, 5.74) is 4.71. The van der Waals surface area contributed by atoms with Crippen molar-refractivity contribution in [2.24, 2.45) is 0 Å². The van der Waals surface area contributed by atoms with Gasteiger partial charge in [0.2, 0.25) is 0 Å². The van der Waals surface area contributed by atoms with Crippen LogP contribution < -0.4 is 10.3 Å². The molecule has 0 amide bonds. The second-order valence-corrected chi connectivity index (χ2v) is 5.41. The number of hydrogen-bond donors (Lipinski definition) is 1. The van der Waals surface area contributed by atoms with E-state index in [1.165, 1.54) is 0 Å². The van der Waals surface area contributed by atoms with E-state index in [1.807, 2.05) is 47.8 Å². The molecular formula is C15H11ClN2OS. The topological polar surface area (TPSA) is 34.1 Å². The molecule has 0 spiro atoms. The molecule has 0 aliphatic heterocycles. The number of rotatable bonds is 4. The summed E-state index contributed by atoms with van der Waals surface area (Å²) in [5.74, 6) is 0.720. The molecule has 0 atom stereocenters. The summed E-state index contributed by atoms with van der Waals surface area (Å²) >= 11 is 7.51. The maximum Gasteiger partial charge on any atom is 0.155 e. The third kappa shape index (κ3) is 3.10. The average Bonchev–Trinajstić information content (AvgIpc) is 3.00. The molecule has 0 saturated heterocycles. The van der Waals surface area contributed by atoms with E-state index in [4.69, 9.17) is 16.4 Å². The van der Waals surface area contributed by atoms with Gasteiger partial charge in [0.05, 0.1) is 5.69 Å². The molecule has 3 rings (SSSR count). The lowest BCUT2D eigenvalue weighted by atomic mass is 10.2. The molecule has 0 aliphatic carbocycles. The Morgan fingerprint density at radius 1 is 1.10 bits per heavy atom. The number of benzene rings is 2. The van der Waals surface area contributed by atoms with E-state index >= 15 is 0 Å². The molecule has 1 N–H and O–H groups in total. The first-order valence-electron chi connectivity index (χ1n) is 5.99. The second kappa shape index (κ2) is 5.94. The smallest absolute Gasteiger partial charge is 0.155 e. The highest BCUT2D eigenvalue weighted by Gasteiger charge is 2.02. The Morgan fingerprint density at radius 2 is 2.00 bits per heavy atom. The van der Waals surface area contributed by atoms with E-state index in [0.717, 1.165) is 22.0 Å². The zero-order chi connectivity index (χ0) is 13.8. The van der Waals surface area contributed by atoms with Gasteiger partial charge in [0.1, 0.15) is 5.01 Å². The minimum Gasteiger partial charge on any atom is -0.382 e. The lowest BCUT2D eigenvalue weighted by Gasteiger charge is -2.09. The summed E-state index contributed by atoms with van der Waals surface area (Å²) < 4.78 is 0. The normalized spacial score (nSPS) is 10.2. The monoisotopic (exact) mass is 302 g/mol. The zero-order valence-corrected chi connectivity index (χ0v) is 12.0. The van der Waals surface area contributed by atoms with Gasteiger partial charge in [-0.3, -0.25) is 0 Å². The van der Waals surface area contributed by atoms with Crippen molar-refractivity contribution in [3.63, 3.8) is 0 Å². The quantitative estimate of drug-likeness (QED) is 0.698. The van der Waals surface area contributed by atoms with Gasteiger partial charge in [-0.1, -0.05) is 29.8 Å². The van der Waals surface area contributed by atoms with Crippen molar-refractivity contribution in [1.82, 2.24) is 4.98 Å². The number of halogens is 1. The van der Waals surface area contributed by atoms with Gasteiger partial charge >= 0.3 is 0 Å². The van der Waals surface area contributed by atoms with E-state index in [1.54, 1.807) is 23.6 Å². The molecule has 100 valence electrons. The third-order valence-corrected chi connectivity index (χ3v) is 3.68. The molecule has 3 aromatic rings. The standard InChI is InChI=1S/C15H11ClN2OS/c16-12-4-2-5-13(10-12)18-19-14-6-1-3-11(9-14)15-17-7-8-20-15/h1-10,18H. The number of anilines is 1. The van der Waals surface area contributed by atoms with Gasteiger partial charge in [0.15, 0.2) is 5.75 Å². The Kier molecular flexibility index (Phi) is 3.85. The molecule has 0 bridgehead atoms. The molecule has 0 saturated carbocycles. The molecule has 0 aliphatic rings. The minimum atomic E-state index is 0.662. The summed E-state index contributed by atoms with van der Waals surface area (Å²) in [6.07, 6.45) is 1.79. The molecule has 3 nitrogen and oxygen atoms in total. The lowest BCUT2D eigenvalue weighted by molar-refractivity contribution is 0.405. The van der Waals surface area contributed by atoms with E-state index < -0.39 is 0 Å². The molecule has 20 heavy (non-hydrogen) atoms. The molecule has 1 heterocycles. The molecule has 2 aromatic carbocycles. The van der Waals surface area contributed by atoms with Crippen LogP contribution in [0.15, 0.2) is 60.1 Å². The van der Waals surface area contributed by atoms with Crippen molar-refractivity contribution in [3.05, 3.63) is 65.1 Å². The van der Waals surface area contributed by atoms with Crippen molar-refractivity contribution in [2.75, 3.05) is 5.48 Å². The van der Waals surface area contributed by atoms with E-state index in [2.05, 4.69) is 10.5 Å². The van der Waals surface area contributed by atoms with Crippen molar-refractivity contribution in [3.8, 4) is 16.3 Å². The summed E-state index contributed by atoms with van der Waals surface area (Å²) in [4.78, 5) is 9.84. The highest BCUT2D eigenvalue weighted by atomic mass is 35.5. The molecule has 1 aromatic heterocycles. The van der Waals surface area contributed by atoms with Crippen molar-refractivity contribution >= 4 is 28.6 Å². The van der Waals surface area contributed by atoms with Crippen LogP contribution in [0.4, 0.5) is 5.69 Å². The number of aromatic nitrogens is 1. The molecule has 0 fully saturated rings. The fourth-order valence-corrected chi connectivity index (χ4v) is 2.55. The predicted octanol–water partition coefficient (Wildman–Crippen LogP) is 4.87. The van der Waals surface area contributed by atoms with Crippen LogP contribution in [0.3, 0.4) is 0 Å². The third-order valence-electron chi connectivity index (χ3n) is 2.62. The summed E-state index contributed by atoms with van der Waals surface area (Å²) in [6.45, 7) is 0. The van der Waals surface area contributed by atoms with Crippen molar-refractivity contribution in [1.29, 1.82) is 0 Å². The van der Waals surface area contributed by atoms with Gasteiger partial charge in [-0.2, -0.15) is 0 Å². The Balaban J connectivity index is 1.73. The fraction of sp³-hybridized carbons (Fsp3) is 0. The van der Waals surface area contributed by atoms with Crippen LogP contribution in [-0.2, 0) is 0 Å². The first-order chi connectivity index (χ1) is 9.81. The largest absolute Gasteiger partial charge is 0.382 e. The SMILES string of the molecule is Clc1cccc(NOc2cccc(-c3nccs3)c2)c1. The van der Waals surface area contributed by atoms with Gasteiger partial charge in [0, 0.05) is 22.2 Å². The second-order valence-electron chi connectivity index (χ2n) is 4.08. The Labute approximate surface area is 125 Å². The zero-order valence-electron chi connectivity index (χ0n) is 10.4. The van der Waals surface area contributed by atoms with Gasteiger partial charge in [-0.25, -0.2) is 10.5 Å². The van der Waals surface area contributed by atoms with Crippen LogP contribution in [0, 0.1) is 0 Å². The molecule has 0 unspecified atom stereocenters. The minimum absolute atomic E-state index is 0.662. The van der Waals surface area contributed by atoms with Crippen LogP contribution in [0.5, 0.6) is 5.75 Å². The predicted molar refractivity (Wildman–Crippen MR) is 83.3 cm³/mol. The van der Waals surface area contributed by atoms with Crippen LogP contribution in [-0.4, -0.2) is 4.98 Å². The maximum atomic E-state index is 5.92. The average molecular weight is 303 g/mol. The highest BCUT2D eigenvalue weighted by Crippen LogP contribution is 2.25. The number of hydrogen-bond acceptors (Lipinski definition) is 4. The number of nitrogens with zero attached hydrogens (tertiary/aromatic N) is 1. The van der Waals surface area contributed by atoms with Crippen LogP contribution in [0.1, 0.15) is 0 Å². The Bertz CT molecular complexity index is 701. The van der Waals surface area contributed by atoms with Gasteiger partial charge in [-0.15, -0.1) is 11.3 Å². The summed E-state index contributed by atoms with van der Waals surface area (Å²) in [7, 11) is 0. The Hall–Kier alpha value is -2.04. The number of nitrogens with one attached hydrogen (secondary N) is 1. The van der Waals surface area contributed by atoms with E-state index in [0.29, 0.717) is 5.02 Å². The van der Waals surface area contributed by atoms with Crippen LogP contribution >= 0.6 is 22.9 Å². The van der Waals surface area contributed by atoms with E-state index in [-0.39, 0.29) is 0 Å². The van der Waals surface area contributed by atoms with E-state index in [9.17, 15) is 0 Å². The van der Waals surface area contributed by atoms with Gasteiger partial charge < -0.3 is 4.84 Å². The Morgan fingerprint density at radius 3 is 2.80 bits per heavy atom. The summed E-state index contributed by atoms with van der Waals surface area (Å²) in [6, 6.07) is 15.1. The van der Waals surface area contributed by atoms with Gasteiger partial charge in [0.25, 0.3) is 0 Å². The van der Waals surface area contributed by atoms with Crippen LogP contribution in [0.25, 0.3) is 10.6 Å². The molecule has 5 heteroatoms. The summed E-state index contributed by atoms with van der Waals surface area (Å²) in [5, 5.41) is 3.58.